The van der Waals surface area contributed by atoms with Crippen LogP contribution in [-0.2, 0) is 30.5 Å². The first-order valence-electron chi connectivity index (χ1n) is 7.67. The first kappa shape index (κ1) is 13.9. The second-order valence-corrected chi connectivity index (χ2v) is 6.19. The number of carbonyl (C=O) groups is 2. The normalized spacial score (nSPS) is 16.9. The summed E-state index contributed by atoms with van der Waals surface area (Å²) in [4.78, 5) is 35.3. The molecule has 5 heteroatoms. The Kier molecular flexibility index (Phi) is 3.15. The van der Waals surface area contributed by atoms with Crippen LogP contribution in [0, 0.1) is 5.92 Å². The molecule has 0 bridgehead atoms. The van der Waals surface area contributed by atoms with Crippen LogP contribution in [-0.4, -0.2) is 11.8 Å². The minimum absolute atomic E-state index is 0.0605. The quantitative estimate of drug-likeness (QED) is 0.851. The van der Waals surface area contributed by atoms with Crippen molar-refractivity contribution in [2.45, 2.75) is 25.7 Å². The molecule has 2 aromatic rings. The van der Waals surface area contributed by atoms with Crippen molar-refractivity contribution in [3.05, 3.63) is 68.8 Å². The van der Waals surface area contributed by atoms with Gasteiger partial charge in [0.25, 0.3) is 5.91 Å². The molecular formula is C18H15NO4. The lowest BCUT2D eigenvalue weighted by Crippen LogP contribution is -2.39. The van der Waals surface area contributed by atoms with Crippen LogP contribution in [0.1, 0.15) is 32.8 Å². The number of imide groups is 1. The van der Waals surface area contributed by atoms with E-state index in [0.29, 0.717) is 23.5 Å². The Balaban J connectivity index is 1.67. The topological polar surface area (TPSA) is 76.4 Å². The third-order valence-electron chi connectivity index (χ3n) is 4.56. The molecule has 23 heavy (non-hydrogen) atoms. The molecule has 0 fully saturated rings. The van der Waals surface area contributed by atoms with E-state index in [0.717, 1.165) is 12.8 Å². The Bertz CT molecular complexity index is 856. The number of nitrogens with one attached hydrogen (secondary N) is 1. The van der Waals surface area contributed by atoms with E-state index in [1.165, 1.54) is 17.2 Å². The van der Waals surface area contributed by atoms with E-state index in [1.54, 1.807) is 0 Å². The van der Waals surface area contributed by atoms with Crippen molar-refractivity contribution in [1.29, 1.82) is 0 Å². The van der Waals surface area contributed by atoms with Crippen LogP contribution in [0.3, 0.4) is 0 Å². The van der Waals surface area contributed by atoms with Crippen molar-refractivity contribution in [3.63, 3.8) is 0 Å². The van der Waals surface area contributed by atoms with Crippen molar-refractivity contribution in [1.82, 2.24) is 5.32 Å². The molecule has 4 rings (SSSR count). The van der Waals surface area contributed by atoms with E-state index in [9.17, 15) is 14.4 Å². The van der Waals surface area contributed by atoms with Gasteiger partial charge in [0.2, 0.25) is 5.91 Å². The standard InChI is InChI=1S/C18H15NO4/c20-15-9-14-17(18(22)19-15)13(8-16(21)23-14)7-10-5-11-3-1-2-4-12(11)6-10/h1-4,8,10H,5-7,9H2,(H,19,20,22). The van der Waals surface area contributed by atoms with Gasteiger partial charge in [0, 0.05) is 6.07 Å². The summed E-state index contributed by atoms with van der Waals surface area (Å²) in [5.41, 5.74) is 3.19. The first-order chi connectivity index (χ1) is 11.1. The van der Waals surface area contributed by atoms with Gasteiger partial charge < -0.3 is 4.42 Å². The second-order valence-electron chi connectivity index (χ2n) is 6.19. The molecule has 2 aliphatic rings. The summed E-state index contributed by atoms with van der Waals surface area (Å²) in [6.45, 7) is 0. The lowest BCUT2D eigenvalue weighted by Gasteiger charge is -2.18. The van der Waals surface area contributed by atoms with Crippen LogP contribution >= 0.6 is 0 Å². The summed E-state index contributed by atoms with van der Waals surface area (Å²) in [5.74, 6) is -0.359. The average molecular weight is 309 g/mol. The van der Waals surface area contributed by atoms with Gasteiger partial charge in [0.1, 0.15) is 5.76 Å². The van der Waals surface area contributed by atoms with Gasteiger partial charge in [0.05, 0.1) is 12.0 Å². The fraction of sp³-hybridized carbons (Fsp3) is 0.278. The molecule has 1 aliphatic carbocycles. The number of fused-ring (bicyclic) bond motifs is 2. The summed E-state index contributed by atoms with van der Waals surface area (Å²) in [6, 6.07) is 9.68. The molecule has 1 aromatic heterocycles. The van der Waals surface area contributed by atoms with Crippen LogP contribution < -0.4 is 10.9 Å². The van der Waals surface area contributed by atoms with Gasteiger partial charge >= 0.3 is 5.63 Å². The summed E-state index contributed by atoms with van der Waals surface area (Å²) >= 11 is 0. The molecule has 1 aliphatic heterocycles. The van der Waals surface area contributed by atoms with E-state index in [-0.39, 0.29) is 12.2 Å². The van der Waals surface area contributed by atoms with Gasteiger partial charge in [-0.15, -0.1) is 0 Å². The smallest absolute Gasteiger partial charge is 0.336 e. The molecule has 2 heterocycles. The highest BCUT2D eigenvalue weighted by Gasteiger charge is 2.30. The minimum Gasteiger partial charge on any atom is -0.426 e. The van der Waals surface area contributed by atoms with E-state index >= 15 is 0 Å². The maximum atomic E-state index is 12.1. The van der Waals surface area contributed by atoms with Gasteiger partial charge in [-0.25, -0.2) is 4.79 Å². The van der Waals surface area contributed by atoms with Crippen molar-refractivity contribution in [2.24, 2.45) is 5.92 Å². The summed E-state index contributed by atoms with van der Waals surface area (Å²) in [6.07, 6.45) is 2.44. The zero-order chi connectivity index (χ0) is 16.0. The van der Waals surface area contributed by atoms with E-state index in [1.807, 2.05) is 12.1 Å². The lowest BCUT2D eigenvalue weighted by molar-refractivity contribution is -0.120. The number of carbonyl (C=O) groups excluding carboxylic acids is 2. The van der Waals surface area contributed by atoms with Crippen molar-refractivity contribution < 1.29 is 14.0 Å². The Hall–Kier alpha value is -2.69. The van der Waals surface area contributed by atoms with Crippen LogP contribution in [0.25, 0.3) is 0 Å². The van der Waals surface area contributed by atoms with Crippen molar-refractivity contribution >= 4 is 11.8 Å². The number of rotatable bonds is 2. The lowest BCUT2D eigenvalue weighted by atomic mass is 9.92. The van der Waals surface area contributed by atoms with Gasteiger partial charge in [-0.1, -0.05) is 24.3 Å². The summed E-state index contributed by atoms with van der Waals surface area (Å²) in [5, 5.41) is 2.30. The number of benzene rings is 1. The van der Waals surface area contributed by atoms with Crippen LogP contribution in [0.15, 0.2) is 39.5 Å². The zero-order valence-corrected chi connectivity index (χ0v) is 12.4. The SMILES string of the molecule is O=C1Cc2oc(=O)cc(CC3Cc4ccccc4C3)c2C(=O)N1. The molecule has 2 amide bonds. The van der Waals surface area contributed by atoms with E-state index < -0.39 is 17.4 Å². The third kappa shape index (κ3) is 2.48. The Morgan fingerprint density at radius 3 is 2.48 bits per heavy atom. The van der Waals surface area contributed by atoms with Gasteiger partial charge in [0.15, 0.2) is 0 Å². The maximum absolute atomic E-state index is 12.1. The van der Waals surface area contributed by atoms with Gasteiger partial charge in [-0.2, -0.15) is 0 Å². The predicted molar refractivity (Wildman–Crippen MR) is 82.2 cm³/mol. The van der Waals surface area contributed by atoms with Gasteiger partial charge in [-0.05, 0) is 41.9 Å². The van der Waals surface area contributed by atoms with Crippen LogP contribution in [0.5, 0.6) is 0 Å². The molecule has 1 N–H and O–H groups in total. The second kappa shape index (κ2) is 5.19. The fourth-order valence-electron chi connectivity index (χ4n) is 3.64. The van der Waals surface area contributed by atoms with Crippen LogP contribution in [0.4, 0.5) is 0 Å². The third-order valence-corrected chi connectivity index (χ3v) is 4.56. The predicted octanol–water partition coefficient (Wildman–Crippen LogP) is 1.41. The molecule has 0 spiro atoms. The first-order valence-corrected chi connectivity index (χ1v) is 7.67. The highest BCUT2D eigenvalue weighted by atomic mass is 16.4. The molecular weight excluding hydrogens is 294 g/mol. The highest BCUT2D eigenvalue weighted by molar-refractivity contribution is 6.09. The molecule has 0 radical (unpaired) electrons. The van der Waals surface area contributed by atoms with Gasteiger partial charge in [-0.3, -0.25) is 14.9 Å². The number of amides is 2. The Morgan fingerprint density at radius 2 is 1.78 bits per heavy atom. The molecule has 0 saturated heterocycles. The molecule has 116 valence electrons. The van der Waals surface area contributed by atoms with Crippen LogP contribution in [0.2, 0.25) is 0 Å². The monoisotopic (exact) mass is 309 g/mol. The minimum atomic E-state index is -0.503. The average Bonchev–Trinajstić information content (AvgIpc) is 2.87. The highest BCUT2D eigenvalue weighted by Crippen LogP contribution is 2.30. The zero-order valence-electron chi connectivity index (χ0n) is 12.4. The number of hydrogen-bond donors (Lipinski definition) is 1. The Morgan fingerprint density at radius 1 is 1.09 bits per heavy atom. The molecule has 5 nitrogen and oxygen atoms in total. The largest absolute Gasteiger partial charge is 0.426 e. The number of hydrogen-bond acceptors (Lipinski definition) is 4. The summed E-state index contributed by atoms with van der Waals surface area (Å²) < 4.78 is 5.07. The fourth-order valence-corrected chi connectivity index (χ4v) is 3.64. The molecule has 0 unspecified atom stereocenters. The summed E-state index contributed by atoms with van der Waals surface area (Å²) in [7, 11) is 0. The molecule has 0 saturated carbocycles. The van der Waals surface area contributed by atoms with Crippen molar-refractivity contribution in [3.8, 4) is 0 Å². The molecule has 1 aromatic carbocycles. The van der Waals surface area contributed by atoms with E-state index in [4.69, 9.17) is 4.42 Å². The molecule has 0 atom stereocenters. The van der Waals surface area contributed by atoms with E-state index in [2.05, 4.69) is 17.4 Å². The van der Waals surface area contributed by atoms with Crippen molar-refractivity contribution in [2.75, 3.05) is 0 Å². The Labute approximate surface area is 132 Å². The maximum Gasteiger partial charge on any atom is 0.336 e.